The Morgan fingerprint density at radius 2 is 1.80 bits per heavy atom. The highest BCUT2D eigenvalue weighted by Crippen LogP contribution is 2.07. The highest BCUT2D eigenvalue weighted by Gasteiger charge is 2.03. The molecule has 1 unspecified atom stereocenters. The molecule has 2 heteroatoms. The van der Waals surface area contributed by atoms with Gasteiger partial charge >= 0.3 is 0 Å². The maximum atomic E-state index is 9.22. The summed E-state index contributed by atoms with van der Waals surface area (Å²) < 4.78 is 0. The van der Waals surface area contributed by atoms with Gasteiger partial charge < -0.3 is 10.8 Å². The van der Waals surface area contributed by atoms with Crippen LogP contribution in [0.5, 0.6) is 0 Å². The van der Waals surface area contributed by atoms with E-state index in [9.17, 15) is 5.11 Å². The first kappa shape index (κ1) is 9.92. The Labute approximate surface area is 63.4 Å². The van der Waals surface area contributed by atoms with Gasteiger partial charge in [0.05, 0.1) is 6.10 Å². The average Bonchev–Trinajstić information content (AvgIpc) is 1.85. The van der Waals surface area contributed by atoms with Crippen molar-refractivity contribution in [2.75, 3.05) is 6.54 Å². The van der Waals surface area contributed by atoms with E-state index in [1.54, 1.807) is 0 Å². The van der Waals surface area contributed by atoms with Gasteiger partial charge in [0.1, 0.15) is 0 Å². The van der Waals surface area contributed by atoms with E-state index in [2.05, 4.69) is 13.8 Å². The molecule has 0 aliphatic heterocycles. The molecule has 0 saturated carbocycles. The summed E-state index contributed by atoms with van der Waals surface area (Å²) in [6.07, 6.45) is 2.57. The Hall–Kier alpha value is -0.0800. The van der Waals surface area contributed by atoms with E-state index in [1.165, 1.54) is 0 Å². The third kappa shape index (κ3) is 6.05. The molecule has 0 heterocycles. The fraction of sp³-hybridized carbons (Fsp3) is 1.00. The molecule has 0 rings (SSSR count). The summed E-state index contributed by atoms with van der Waals surface area (Å²) in [5.41, 5.74) is 5.28. The molecule has 0 aromatic rings. The Kier molecular flexibility index (Phi) is 5.64. The van der Waals surface area contributed by atoms with Crippen molar-refractivity contribution < 1.29 is 5.11 Å². The number of aliphatic hydroxyl groups excluding tert-OH is 1. The van der Waals surface area contributed by atoms with Crippen LogP contribution in [0.4, 0.5) is 0 Å². The maximum absolute atomic E-state index is 9.22. The number of nitrogens with two attached hydrogens (primary N) is 1. The first-order valence-electron chi connectivity index (χ1n) is 4.05. The summed E-state index contributed by atoms with van der Waals surface area (Å²) >= 11 is 0. The lowest BCUT2D eigenvalue weighted by Crippen LogP contribution is -2.13. The second kappa shape index (κ2) is 5.69. The second-order valence-corrected chi connectivity index (χ2v) is 3.20. The Morgan fingerprint density at radius 1 is 1.20 bits per heavy atom. The average molecular weight is 145 g/mol. The molecule has 0 aliphatic rings. The van der Waals surface area contributed by atoms with Crippen molar-refractivity contribution in [2.45, 2.75) is 39.2 Å². The van der Waals surface area contributed by atoms with E-state index in [0.717, 1.165) is 19.3 Å². The van der Waals surface area contributed by atoms with E-state index >= 15 is 0 Å². The lowest BCUT2D eigenvalue weighted by Gasteiger charge is -2.09. The van der Waals surface area contributed by atoms with E-state index in [-0.39, 0.29) is 6.10 Å². The first-order valence-corrected chi connectivity index (χ1v) is 4.05. The Bertz CT molecular complexity index is 73.7. The van der Waals surface area contributed by atoms with E-state index < -0.39 is 0 Å². The monoisotopic (exact) mass is 145 g/mol. The van der Waals surface area contributed by atoms with Gasteiger partial charge in [-0.2, -0.15) is 0 Å². The first-order chi connectivity index (χ1) is 4.66. The van der Waals surface area contributed by atoms with Crippen LogP contribution in [0.1, 0.15) is 33.1 Å². The van der Waals surface area contributed by atoms with Crippen molar-refractivity contribution in [2.24, 2.45) is 11.7 Å². The molecule has 0 saturated heterocycles. The van der Waals surface area contributed by atoms with Crippen molar-refractivity contribution in [3.8, 4) is 0 Å². The summed E-state index contributed by atoms with van der Waals surface area (Å²) in [4.78, 5) is 0. The molecule has 0 amide bonds. The van der Waals surface area contributed by atoms with Crippen molar-refractivity contribution in [3.63, 3.8) is 0 Å². The van der Waals surface area contributed by atoms with Gasteiger partial charge in [0.2, 0.25) is 0 Å². The molecule has 0 aromatic heterocycles. The van der Waals surface area contributed by atoms with Crippen LogP contribution in [0.25, 0.3) is 0 Å². The van der Waals surface area contributed by atoms with E-state index in [0.29, 0.717) is 12.5 Å². The zero-order valence-corrected chi connectivity index (χ0v) is 7.01. The summed E-state index contributed by atoms with van der Waals surface area (Å²) in [6.45, 7) is 4.92. The van der Waals surface area contributed by atoms with Crippen molar-refractivity contribution in [3.05, 3.63) is 0 Å². The van der Waals surface area contributed by atoms with Crippen LogP contribution in [-0.4, -0.2) is 17.8 Å². The van der Waals surface area contributed by atoms with Crippen LogP contribution in [0.3, 0.4) is 0 Å². The molecule has 0 fully saturated rings. The molecule has 0 radical (unpaired) electrons. The second-order valence-electron chi connectivity index (χ2n) is 3.20. The van der Waals surface area contributed by atoms with Crippen LogP contribution in [0, 0.1) is 5.92 Å². The predicted octanol–water partition coefficient (Wildman–Crippen LogP) is 1.13. The van der Waals surface area contributed by atoms with Gasteiger partial charge in [0.25, 0.3) is 0 Å². The zero-order valence-electron chi connectivity index (χ0n) is 7.01. The van der Waals surface area contributed by atoms with Gasteiger partial charge in [-0.15, -0.1) is 0 Å². The summed E-state index contributed by atoms with van der Waals surface area (Å²) in [6, 6.07) is 0. The normalized spacial score (nSPS) is 14.1. The minimum atomic E-state index is -0.174. The number of aliphatic hydroxyl groups is 1. The summed E-state index contributed by atoms with van der Waals surface area (Å²) in [5.74, 6) is 0.687. The topological polar surface area (TPSA) is 46.2 Å². The quantitative estimate of drug-likeness (QED) is 0.609. The largest absolute Gasteiger partial charge is 0.393 e. The fourth-order valence-electron chi connectivity index (χ4n) is 0.862. The Balaban J connectivity index is 3.12. The molecular formula is C8H19NO. The van der Waals surface area contributed by atoms with Crippen molar-refractivity contribution >= 4 is 0 Å². The van der Waals surface area contributed by atoms with Gasteiger partial charge in [-0.05, 0) is 31.7 Å². The highest BCUT2D eigenvalue weighted by atomic mass is 16.3. The molecular weight excluding hydrogens is 126 g/mol. The van der Waals surface area contributed by atoms with Crippen molar-refractivity contribution in [1.82, 2.24) is 0 Å². The molecule has 10 heavy (non-hydrogen) atoms. The predicted molar refractivity (Wildman–Crippen MR) is 43.8 cm³/mol. The minimum absolute atomic E-state index is 0.174. The van der Waals surface area contributed by atoms with E-state index in [4.69, 9.17) is 5.73 Å². The number of hydrogen-bond acceptors (Lipinski definition) is 2. The van der Waals surface area contributed by atoms with Crippen LogP contribution in [-0.2, 0) is 0 Å². The van der Waals surface area contributed by atoms with Crippen LogP contribution in [0.15, 0.2) is 0 Å². The molecule has 0 spiro atoms. The van der Waals surface area contributed by atoms with Gasteiger partial charge in [-0.25, -0.2) is 0 Å². The standard InChI is InChI=1S/C8H19NO/c1-7(2)3-4-8(10)5-6-9/h7-8,10H,3-6,9H2,1-2H3. The Morgan fingerprint density at radius 3 is 2.20 bits per heavy atom. The molecule has 0 aromatic carbocycles. The van der Waals surface area contributed by atoms with Crippen molar-refractivity contribution in [1.29, 1.82) is 0 Å². The molecule has 0 bridgehead atoms. The molecule has 3 N–H and O–H groups in total. The highest BCUT2D eigenvalue weighted by molar-refractivity contribution is 4.57. The molecule has 2 nitrogen and oxygen atoms in total. The van der Waals surface area contributed by atoms with Gasteiger partial charge in [0, 0.05) is 0 Å². The SMILES string of the molecule is CC(C)CCC(O)CCN. The van der Waals surface area contributed by atoms with E-state index in [1.807, 2.05) is 0 Å². The number of hydrogen-bond donors (Lipinski definition) is 2. The molecule has 1 atom stereocenters. The smallest absolute Gasteiger partial charge is 0.0552 e. The van der Waals surface area contributed by atoms with Crippen LogP contribution >= 0.6 is 0 Å². The number of rotatable bonds is 5. The minimum Gasteiger partial charge on any atom is -0.393 e. The molecule has 62 valence electrons. The van der Waals surface area contributed by atoms with Crippen LogP contribution in [0.2, 0.25) is 0 Å². The lowest BCUT2D eigenvalue weighted by atomic mass is 10.0. The third-order valence-electron chi connectivity index (χ3n) is 1.58. The third-order valence-corrected chi connectivity index (χ3v) is 1.58. The lowest BCUT2D eigenvalue weighted by molar-refractivity contribution is 0.149. The fourth-order valence-corrected chi connectivity index (χ4v) is 0.862. The summed E-state index contributed by atoms with van der Waals surface area (Å²) in [5, 5.41) is 9.22. The van der Waals surface area contributed by atoms with Gasteiger partial charge in [-0.3, -0.25) is 0 Å². The van der Waals surface area contributed by atoms with Gasteiger partial charge in [0.15, 0.2) is 0 Å². The zero-order chi connectivity index (χ0) is 7.98. The molecule has 0 aliphatic carbocycles. The maximum Gasteiger partial charge on any atom is 0.0552 e. The van der Waals surface area contributed by atoms with Gasteiger partial charge in [-0.1, -0.05) is 13.8 Å². The summed E-state index contributed by atoms with van der Waals surface area (Å²) in [7, 11) is 0. The van der Waals surface area contributed by atoms with Crippen LogP contribution < -0.4 is 5.73 Å².